The van der Waals surface area contributed by atoms with Gasteiger partial charge in [0.2, 0.25) is 21.7 Å². The van der Waals surface area contributed by atoms with E-state index in [1.54, 1.807) is 31.2 Å². The highest BCUT2D eigenvalue weighted by Crippen LogP contribution is 2.24. The van der Waals surface area contributed by atoms with Gasteiger partial charge in [-0.25, -0.2) is 12.8 Å². The van der Waals surface area contributed by atoms with Crippen LogP contribution in [0.5, 0.6) is 0 Å². The second kappa shape index (κ2) is 8.38. The van der Waals surface area contributed by atoms with Crippen molar-refractivity contribution in [2.24, 2.45) is 0 Å². The van der Waals surface area contributed by atoms with Crippen LogP contribution in [-0.2, 0) is 16.6 Å². The van der Waals surface area contributed by atoms with E-state index in [2.05, 4.69) is 10.1 Å². The van der Waals surface area contributed by atoms with E-state index in [-0.39, 0.29) is 23.4 Å². The Bertz CT molecular complexity index is 1040. The molecule has 3 rings (SSSR count). The molecule has 6 nitrogen and oxygen atoms in total. The maximum absolute atomic E-state index is 13.2. The third-order valence-corrected chi connectivity index (χ3v) is 6.59. The number of rotatable bonds is 7. The number of sulfonamides is 1. The third-order valence-electron chi connectivity index (χ3n) is 4.36. The van der Waals surface area contributed by atoms with E-state index in [9.17, 15) is 12.8 Å². The summed E-state index contributed by atoms with van der Waals surface area (Å²) in [6.07, 6.45) is 0.582. The van der Waals surface area contributed by atoms with Crippen LogP contribution in [0.2, 0.25) is 5.02 Å². The molecule has 1 heterocycles. The maximum Gasteiger partial charge on any atom is 0.243 e. The number of halogens is 2. The van der Waals surface area contributed by atoms with Gasteiger partial charge in [-0.2, -0.15) is 9.29 Å². The van der Waals surface area contributed by atoms with Crippen LogP contribution in [0.3, 0.4) is 0 Å². The van der Waals surface area contributed by atoms with Crippen molar-refractivity contribution in [1.29, 1.82) is 0 Å². The Kier molecular flexibility index (Phi) is 6.12. The van der Waals surface area contributed by atoms with Gasteiger partial charge in [-0.3, -0.25) is 0 Å². The summed E-state index contributed by atoms with van der Waals surface area (Å²) in [6.45, 7) is 3.58. The molecule has 9 heteroatoms. The summed E-state index contributed by atoms with van der Waals surface area (Å²) < 4.78 is 45.9. The second-order valence-corrected chi connectivity index (χ2v) is 8.61. The fourth-order valence-corrected chi connectivity index (χ4v) is 4.37. The van der Waals surface area contributed by atoms with Gasteiger partial charge in [-0.15, -0.1) is 0 Å². The van der Waals surface area contributed by atoms with Crippen molar-refractivity contribution < 1.29 is 17.3 Å². The Morgan fingerprint density at radius 1 is 1.14 bits per heavy atom. The summed E-state index contributed by atoms with van der Waals surface area (Å²) in [5.41, 5.74) is 0.705. The van der Waals surface area contributed by atoms with Crippen molar-refractivity contribution >= 4 is 21.6 Å². The fourth-order valence-electron chi connectivity index (χ4n) is 2.59. The zero-order chi connectivity index (χ0) is 20.3. The molecule has 0 saturated carbocycles. The molecule has 0 aliphatic heterocycles. The van der Waals surface area contributed by atoms with Gasteiger partial charge >= 0.3 is 0 Å². The lowest BCUT2D eigenvalue weighted by atomic mass is 10.2. The zero-order valence-electron chi connectivity index (χ0n) is 15.3. The van der Waals surface area contributed by atoms with Gasteiger partial charge < -0.3 is 4.52 Å². The molecular formula is C19H19ClFN3O3S. The Hall–Kier alpha value is -2.29. The molecule has 1 atom stereocenters. The molecule has 0 fully saturated rings. The molecule has 2 aromatic carbocycles. The smallest absolute Gasteiger partial charge is 0.243 e. The minimum Gasteiger partial charge on any atom is -0.338 e. The van der Waals surface area contributed by atoms with Gasteiger partial charge in [0.15, 0.2) is 0 Å². The molecule has 1 aromatic heterocycles. The Morgan fingerprint density at radius 2 is 1.79 bits per heavy atom. The van der Waals surface area contributed by atoms with E-state index in [4.69, 9.17) is 16.1 Å². The highest BCUT2D eigenvalue weighted by atomic mass is 35.5. The number of benzene rings is 2. The van der Waals surface area contributed by atoms with Crippen LogP contribution < -0.4 is 0 Å². The molecule has 28 heavy (non-hydrogen) atoms. The minimum absolute atomic E-state index is 0.00615. The Labute approximate surface area is 168 Å². The predicted octanol–water partition coefficient (Wildman–Crippen LogP) is 4.52. The Balaban J connectivity index is 1.89. The predicted molar refractivity (Wildman–Crippen MR) is 104 cm³/mol. The van der Waals surface area contributed by atoms with Gasteiger partial charge in [-0.1, -0.05) is 23.7 Å². The average molecular weight is 424 g/mol. The first-order valence-electron chi connectivity index (χ1n) is 8.67. The number of hydrogen-bond acceptors (Lipinski definition) is 5. The summed E-state index contributed by atoms with van der Waals surface area (Å²) in [7, 11) is -3.87. The quantitative estimate of drug-likeness (QED) is 0.558. The lowest BCUT2D eigenvalue weighted by Crippen LogP contribution is -2.37. The maximum atomic E-state index is 13.2. The topological polar surface area (TPSA) is 76.3 Å². The van der Waals surface area contributed by atoms with Crippen molar-refractivity contribution in [2.75, 3.05) is 0 Å². The normalized spacial score (nSPS) is 13.0. The highest BCUT2D eigenvalue weighted by Gasteiger charge is 2.30. The molecule has 0 bridgehead atoms. The summed E-state index contributed by atoms with van der Waals surface area (Å²) in [4.78, 5) is 4.31. The molecule has 0 N–H and O–H groups in total. The van der Waals surface area contributed by atoms with Crippen molar-refractivity contribution in [3.63, 3.8) is 0 Å². The lowest BCUT2D eigenvalue weighted by molar-refractivity contribution is 0.272. The van der Waals surface area contributed by atoms with E-state index in [1.807, 2.05) is 6.92 Å². The van der Waals surface area contributed by atoms with Crippen molar-refractivity contribution in [2.45, 2.75) is 37.8 Å². The van der Waals surface area contributed by atoms with E-state index in [1.165, 1.54) is 16.4 Å². The SMILES string of the molecule is CC[C@H](C)N(Cc1nc(-c2ccc(Cl)cc2)no1)S(=O)(=O)c1ccc(F)cc1. The van der Waals surface area contributed by atoms with Crippen LogP contribution >= 0.6 is 11.6 Å². The second-order valence-electron chi connectivity index (χ2n) is 6.28. The summed E-state index contributed by atoms with van der Waals surface area (Å²) in [6, 6.07) is 11.3. The van der Waals surface area contributed by atoms with Crippen LogP contribution in [0, 0.1) is 5.82 Å². The summed E-state index contributed by atoms with van der Waals surface area (Å²) in [5.74, 6) is 0.00410. The molecule has 0 saturated heterocycles. The molecule has 0 unspecified atom stereocenters. The van der Waals surface area contributed by atoms with Crippen LogP contribution in [-0.4, -0.2) is 28.9 Å². The number of aromatic nitrogens is 2. The first kappa shape index (κ1) is 20.4. The van der Waals surface area contributed by atoms with Crippen LogP contribution in [0.25, 0.3) is 11.4 Å². The largest absolute Gasteiger partial charge is 0.338 e. The number of nitrogens with zero attached hydrogens (tertiary/aromatic N) is 3. The zero-order valence-corrected chi connectivity index (χ0v) is 16.9. The molecule has 0 aliphatic carbocycles. The molecule has 0 amide bonds. The third kappa shape index (κ3) is 4.40. The van der Waals surface area contributed by atoms with E-state index >= 15 is 0 Å². The average Bonchev–Trinajstić information content (AvgIpc) is 3.15. The summed E-state index contributed by atoms with van der Waals surface area (Å²) in [5, 5.41) is 4.50. The highest BCUT2D eigenvalue weighted by molar-refractivity contribution is 7.89. The molecule has 0 spiro atoms. The Morgan fingerprint density at radius 3 is 2.39 bits per heavy atom. The fraction of sp³-hybridized carbons (Fsp3) is 0.263. The van der Waals surface area contributed by atoms with Gasteiger partial charge in [0.1, 0.15) is 5.82 Å². The monoisotopic (exact) mass is 423 g/mol. The molecule has 0 radical (unpaired) electrons. The van der Waals surface area contributed by atoms with Crippen LogP contribution in [0.15, 0.2) is 57.9 Å². The first-order valence-corrected chi connectivity index (χ1v) is 10.5. The standard InChI is InChI=1S/C19H19ClFN3O3S/c1-3-13(2)24(28(25,26)17-10-8-16(21)9-11-17)12-18-22-19(23-27-18)14-4-6-15(20)7-5-14/h4-11,13H,3,12H2,1-2H3/t13-/m0/s1. The van der Waals surface area contributed by atoms with E-state index in [0.717, 1.165) is 12.1 Å². The van der Waals surface area contributed by atoms with Crippen molar-refractivity contribution in [3.8, 4) is 11.4 Å². The van der Waals surface area contributed by atoms with Gasteiger partial charge in [0, 0.05) is 16.6 Å². The van der Waals surface area contributed by atoms with Gasteiger partial charge in [-0.05, 0) is 61.9 Å². The van der Waals surface area contributed by atoms with Crippen molar-refractivity contribution in [1.82, 2.24) is 14.4 Å². The molecule has 3 aromatic rings. The van der Waals surface area contributed by atoms with E-state index < -0.39 is 15.8 Å². The summed E-state index contributed by atoms with van der Waals surface area (Å²) >= 11 is 5.88. The van der Waals surface area contributed by atoms with Crippen LogP contribution in [0.1, 0.15) is 26.2 Å². The molecule has 0 aliphatic rings. The van der Waals surface area contributed by atoms with Crippen molar-refractivity contribution in [3.05, 3.63) is 65.3 Å². The molecule has 148 valence electrons. The minimum atomic E-state index is -3.87. The van der Waals surface area contributed by atoms with Crippen LogP contribution in [0.4, 0.5) is 4.39 Å². The van der Waals surface area contributed by atoms with Gasteiger partial charge in [0.25, 0.3) is 0 Å². The number of hydrogen-bond donors (Lipinski definition) is 0. The molecular weight excluding hydrogens is 405 g/mol. The van der Waals surface area contributed by atoms with Gasteiger partial charge in [0.05, 0.1) is 11.4 Å². The first-order chi connectivity index (χ1) is 13.3. The van der Waals surface area contributed by atoms with E-state index in [0.29, 0.717) is 22.8 Å². The lowest BCUT2D eigenvalue weighted by Gasteiger charge is -2.26.